The monoisotopic (exact) mass is 1050 g/mol. The van der Waals surface area contributed by atoms with Gasteiger partial charge >= 0.3 is 11.9 Å². The molecule has 13 nitrogen and oxygen atoms in total. The number of rotatable bonds is 23. The molecule has 6 aromatic carbocycles. The van der Waals surface area contributed by atoms with Gasteiger partial charge in [0.25, 0.3) is 0 Å². The van der Waals surface area contributed by atoms with Crippen LogP contribution >= 0.6 is 0 Å². The van der Waals surface area contributed by atoms with E-state index in [9.17, 15) is 14.7 Å². The Kier molecular flexibility index (Phi) is 20.0. The lowest BCUT2D eigenvalue weighted by molar-refractivity contribution is -0.417. The van der Waals surface area contributed by atoms with Crippen LogP contribution in [0.15, 0.2) is 182 Å². The summed E-state index contributed by atoms with van der Waals surface area (Å²) in [6, 6.07) is 57.9. The van der Waals surface area contributed by atoms with Crippen LogP contribution in [0.3, 0.4) is 0 Å². The molecule has 2 fully saturated rings. The molecule has 2 saturated heterocycles. The predicted molar refractivity (Wildman–Crippen MR) is 289 cm³/mol. The van der Waals surface area contributed by atoms with Gasteiger partial charge in [0, 0.05) is 6.42 Å². The molecule has 10 atom stereocenters. The van der Waals surface area contributed by atoms with Crippen molar-refractivity contribution in [2.45, 2.75) is 142 Å². The minimum absolute atomic E-state index is 0.00708. The van der Waals surface area contributed by atoms with Crippen molar-refractivity contribution in [2.75, 3.05) is 13.2 Å². The molecule has 8 rings (SSSR count). The summed E-state index contributed by atoms with van der Waals surface area (Å²) in [5.41, 5.74) is 3.31. The van der Waals surface area contributed by atoms with E-state index < -0.39 is 83.7 Å². The third-order valence-electron chi connectivity index (χ3n) is 13.4. The molecule has 0 spiro atoms. The summed E-state index contributed by atoms with van der Waals surface area (Å²) in [6.07, 6.45) is -10.6. The third kappa shape index (κ3) is 16.0. The maximum atomic E-state index is 13.7. The second kappa shape index (κ2) is 27.0. The molecule has 0 bridgehead atoms. The zero-order valence-electron chi connectivity index (χ0n) is 45.0. The van der Waals surface area contributed by atoms with Gasteiger partial charge in [-0.2, -0.15) is 0 Å². The number of benzene rings is 6. The lowest BCUT2D eigenvalue weighted by atomic mass is 9.87. The highest BCUT2D eigenvalue weighted by Crippen LogP contribution is 2.43. The Morgan fingerprint density at radius 2 is 0.792 bits per heavy atom. The fraction of sp³-hybridized carbons (Fsp3) is 0.406. The molecule has 2 aliphatic heterocycles. The van der Waals surface area contributed by atoms with Crippen LogP contribution in [0.2, 0.25) is 0 Å². The highest BCUT2D eigenvalue weighted by atomic mass is 16.8. The van der Waals surface area contributed by atoms with Crippen LogP contribution in [0, 0.1) is 10.8 Å². The quantitative estimate of drug-likeness (QED) is 0.0608. The Bertz CT molecular complexity index is 2680. The number of aliphatic hydroxyl groups is 1. The molecule has 2 aliphatic rings. The zero-order chi connectivity index (χ0) is 54.3. The lowest BCUT2D eigenvalue weighted by Crippen LogP contribution is -2.72. The summed E-state index contributed by atoms with van der Waals surface area (Å²) in [5, 5.41) is 13.3. The van der Waals surface area contributed by atoms with E-state index in [4.69, 9.17) is 47.4 Å². The zero-order valence-corrected chi connectivity index (χ0v) is 45.0. The molecule has 6 aromatic rings. The second-order valence-electron chi connectivity index (χ2n) is 21.7. The van der Waals surface area contributed by atoms with E-state index in [1.54, 1.807) is 41.5 Å². The molecule has 1 N–H and O–H groups in total. The van der Waals surface area contributed by atoms with Crippen LogP contribution in [-0.4, -0.2) is 91.2 Å². The van der Waals surface area contributed by atoms with Crippen LogP contribution < -0.4 is 0 Å². The van der Waals surface area contributed by atoms with E-state index in [0.717, 1.165) is 33.4 Å². The van der Waals surface area contributed by atoms with Gasteiger partial charge in [0.1, 0.15) is 62.0 Å². The fourth-order valence-corrected chi connectivity index (χ4v) is 9.21. The average molecular weight is 1050 g/mol. The number of aliphatic hydroxyl groups excluding tert-OH is 1. The van der Waals surface area contributed by atoms with E-state index in [2.05, 4.69) is 0 Å². The van der Waals surface area contributed by atoms with Crippen LogP contribution in [0.5, 0.6) is 0 Å². The van der Waals surface area contributed by atoms with Crippen LogP contribution in [-0.2, 0) is 96.4 Å². The predicted octanol–water partition coefficient (Wildman–Crippen LogP) is 10.5. The van der Waals surface area contributed by atoms with E-state index >= 15 is 0 Å². The van der Waals surface area contributed by atoms with Gasteiger partial charge in [-0.25, -0.2) is 0 Å². The van der Waals surface area contributed by atoms with Crippen LogP contribution in [0.1, 0.15) is 74.9 Å². The Hall–Kier alpha value is -6.10. The summed E-state index contributed by atoms with van der Waals surface area (Å²) >= 11 is 0. The first kappa shape index (κ1) is 57.1. The molecular weight excluding hydrogens is 977 g/mol. The van der Waals surface area contributed by atoms with E-state index in [1.807, 2.05) is 182 Å². The first-order valence-electron chi connectivity index (χ1n) is 26.5. The molecule has 0 unspecified atom stereocenters. The van der Waals surface area contributed by atoms with Crippen molar-refractivity contribution in [3.05, 3.63) is 215 Å². The van der Waals surface area contributed by atoms with Gasteiger partial charge in [-0.05, 0) is 74.9 Å². The first-order valence-corrected chi connectivity index (χ1v) is 26.5. The normalized spacial score (nSPS) is 24.7. The van der Waals surface area contributed by atoms with E-state index in [-0.39, 0.29) is 52.7 Å². The molecule has 13 heteroatoms. The van der Waals surface area contributed by atoms with Crippen LogP contribution in [0.25, 0.3) is 0 Å². The van der Waals surface area contributed by atoms with Gasteiger partial charge in [0.15, 0.2) is 6.29 Å². The number of esters is 2. The van der Waals surface area contributed by atoms with E-state index in [1.165, 1.54) is 0 Å². The number of ether oxygens (including phenoxy) is 10. The number of carbonyl (C=O) groups is 2. The number of carbonyl (C=O) groups excluding carboxylic acids is 2. The van der Waals surface area contributed by atoms with Gasteiger partial charge in [-0.3, -0.25) is 9.59 Å². The van der Waals surface area contributed by atoms with Crippen molar-refractivity contribution >= 4 is 11.9 Å². The molecule has 2 heterocycles. The third-order valence-corrected chi connectivity index (χ3v) is 13.4. The van der Waals surface area contributed by atoms with Crippen molar-refractivity contribution in [1.82, 2.24) is 0 Å². The molecule has 0 amide bonds. The summed E-state index contributed by atoms with van der Waals surface area (Å²) in [7, 11) is 0. The largest absolute Gasteiger partial charge is 0.462 e. The molecule has 0 saturated carbocycles. The van der Waals surface area contributed by atoms with Crippen LogP contribution in [0.4, 0.5) is 0 Å². The maximum absolute atomic E-state index is 13.7. The summed E-state index contributed by atoms with van der Waals surface area (Å²) in [4.78, 5) is 27.4. The Morgan fingerprint density at radius 3 is 1.21 bits per heavy atom. The van der Waals surface area contributed by atoms with Gasteiger partial charge in [0.05, 0.1) is 43.9 Å². The van der Waals surface area contributed by atoms with Crippen molar-refractivity contribution in [3.8, 4) is 0 Å². The molecule has 0 aliphatic carbocycles. The van der Waals surface area contributed by atoms with Gasteiger partial charge in [-0.1, -0.05) is 182 Å². The molecular formula is C64H74O13. The minimum Gasteiger partial charge on any atom is -0.462 e. The SMILES string of the molecule is CC(C)(C)C(=O)OC[C@H]1O[C@@](Cc2ccccc2)(O[C@H]2[C@@H](OCc3ccccc3)[C@@H](COC(=O)C(C)(C)C)O[C@@H](OCc3ccccc3)[C@@H]2OCc2ccccc2)[C@H](OCc2ccccc2)[C@@H](O)[C@H]1OCc1ccccc1. The first-order chi connectivity index (χ1) is 37.1. The molecule has 0 aromatic heterocycles. The lowest BCUT2D eigenvalue weighted by Gasteiger charge is -2.54. The minimum atomic E-state index is -1.96. The van der Waals surface area contributed by atoms with E-state index in [0.29, 0.717) is 0 Å². The smallest absolute Gasteiger partial charge is 0.311 e. The van der Waals surface area contributed by atoms with Crippen molar-refractivity contribution in [1.29, 1.82) is 0 Å². The standard InChI is InChI=1S/C64H74O13/c1-62(2,3)60(66)73-43-51-55(69-39-47-29-17-9-18-30-47)56(57(70-40-48-31-19-10-20-32-48)59(75-51)72-42-50-35-23-12-24-36-50)77-64(37-45-25-13-7-14-26-45)58(71-41-49-33-21-11-22-34-49)53(65)54(68-38-46-27-15-8-16-28-46)52(76-64)44-74-61(67)63(4,5)6/h7-36,51-59,65H,37-44H2,1-6H3/t51-,52-,53+,54+,55+,56+,57-,58-,59-,64+/m1/s1. The Labute approximate surface area is 453 Å². The summed E-state index contributed by atoms with van der Waals surface area (Å²) in [5.74, 6) is -2.89. The Morgan fingerprint density at radius 1 is 0.442 bits per heavy atom. The highest BCUT2D eigenvalue weighted by molar-refractivity contribution is 5.75. The van der Waals surface area contributed by atoms with Gasteiger partial charge in [-0.15, -0.1) is 0 Å². The number of hydrogen-bond acceptors (Lipinski definition) is 13. The van der Waals surface area contributed by atoms with Crippen molar-refractivity contribution in [3.63, 3.8) is 0 Å². The van der Waals surface area contributed by atoms with Crippen molar-refractivity contribution in [2.24, 2.45) is 10.8 Å². The van der Waals surface area contributed by atoms with Gasteiger partial charge in [0.2, 0.25) is 5.79 Å². The maximum Gasteiger partial charge on any atom is 0.311 e. The fourth-order valence-electron chi connectivity index (χ4n) is 9.21. The topological polar surface area (TPSA) is 147 Å². The second-order valence-corrected chi connectivity index (χ2v) is 21.7. The molecule has 77 heavy (non-hydrogen) atoms. The summed E-state index contributed by atoms with van der Waals surface area (Å²) < 4.78 is 69.1. The van der Waals surface area contributed by atoms with Gasteiger partial charge < -0.3 is 52.5 Å². The summed E-state index contributed by atoms with van der Waals surface area (Å²) in [6.45, 7) is 10.5. The highest BCUT2D eigenvalue weighted by Gasteiger charge is 2.61. The van der Waals surface area contributed by atoms with Crippen molar-refractivity contribution < 1.29 is 62.1 Å². The average Bonchev–Trinajstić information content (AvgIpc) is 3.44. The number of hydrogen-bond donors (Lipinski definition) is 1. The Balaban J connectivity index is 1.31. The molecule has 408 valence electrons. The molecule has 0 radical (unpaired) electrons.